The first-order valence-electron chi connectivity index (χ1n) is 6.36. The van der Waals surface area contributed by atoms with E-state index in [0.717, 1.165) is 25.2 Å². The van der Waals surface area contributed by atoms with E-state index in [1.54, 1.807) is 6.07 Å². The average Bonchev–Trinajstić information content (AvgIpc) is 2.86. The quantitative estimate of drug-likeness (QED) is 0.893. The monoisotopic (exact) mass is 255 g/mol. The first kappa shape index (κ1) is 13.4. The van der Waals surface area contributed by atoms with Gasteiger partial charge < -0.3 is 10.1 Å². The van der Waals surface area contributed by atoms with Crippen LogP contribution in [0.25, 0.3) is 0 Å². The van der Waals surface area contributed by atoms with Gasteiger partial charge in [-0.05, 0) is 43.9 Å². The van der Waals surface area contributed by atoms with E-state index < -0.39 is 11.6 Å². The van der Waals surface area contributed by atoms with Crippen LogP contribution in [0, 0.1) is 17.6 Å². The van der Waals surface area contributed by atoms with E-state index in [-0.39, 0.29) is 6.04 Å². The van der Waals surface area contributed by atoms with Crippen molar-refractivity contribution in [3.8, 4) is 0 Å². The molecule has 2 rings (SSSR count). The molecule has 3 atom stereocenters. The van der Waals surface area contributed by atoms with E-state index in [4.69, 9.17) is 4.74 Å². The maximum Gasteiger partial charge on any atom is 0.159 e. The molecular formula is C14H19F2NO. The largest absolute Gasteiger partial charge is 0.381 e. The Labute approximate surface area is 106 Å². The Kier molecular flexibility index (Phi) is 4.30. The topological polar surface area (TPSA) is 21.3 Å². The molecule has 1 fully saturated rings. The van der Waals surface area contributed by atoms with Gasteiger partial charge in [0.05, 0.1) is 6.61 Å². The molecule has 100 valence electrons. The molecule has 1 N–H and O–H groups in total. The summed E-state index contributed by atoms with van der Waals surface area (Å²) in [6, 6.07) is 4.34. The Bertz CT molecular complexity index is 405. The second-order valence-corrected chi connectivity index (χ2v) is 4.97. The third-order valence-electron chi connectivity index (χ3n) is 3.63. The molecule has 18 heavy (non-hydrogen) atoms. The van der Waals surface area contributed by atoms with Crippen molar-refractivity contribution in [2.75, 3.05) is 13.2 Å². The van der Waals surface area contributed by atoms with Crippen LogP contribution >= 0.6 is 0 Å². The lowest BCUT2D eigenvalue weighted by Crippen LogP contribution is -2.35. The summed E-state index contributed by atoms with van der Waals surface area (Å²) in [4.78, 5) is 0. The van der Waals surface area contributed by atoms with Gasteiger partial charge in [0.1, 0.15) is 0 Å². The molecule has 1 aromatic rings. The van der Waals surface area contributed by atoms with Crippen molar-refractivity contribution in [2.24, 2.45) is 5.92 Å². The van der Waals surface area contributed by atoms with Gasteiger partial charge in [0.15, 0.2) is 11.6 Å². The Morgan fingerprint density at radius 2 is 2.06 bits per heavy atom. The van der Waals surface area contributed by atoms with E-state index in [0.29, 0.717) is 12.0 Å². The third-order valence-corrected chi connectivity index (χ3v) is 3.63. The number of nitrogens with one attached hydrogen (secondary N) is 1. The molecule has 0 aromatic heterocycles. The lowest BCUT2D eigenvalue weighted by molar-refractivity contribution is 0.177. The molecule has 0 saturated carbocycles. The molecular weight excluding hydrogens is 236 g/mol. The summed E-state index contributed by atoms with van der Waals surface area (Å²) >= 11 is 0. The summed E-state index contributed by atoms with van der Waals surface area (Å²) in [5.41, 5.74) is 0.764. The van der Waals surface area contributed by atoms with Crippen LogP contribution in [-0.4, -0.2) is 19.3 Å². The fourth-order valence-electron chi connectivity index (χ4n) is 2.36. The summed E-state index contributed by atoms with van der Waals surface area (Å²) in [7, 11) is 0. The predicted molar refractivity (Wildman–Crippen MR) is 66.3 cm³/mol. The number of hydrogen-bond donors (Lipinski definition) is 1. The minimum atomic E-state index is -0.803. The van der Waals surface area contributed by atoms with Gasteiger partial charge in [-0.25, -0.2) is 8.78 Å². The molecule has 1 aliphatic rings. The maximum absolute atomic E-state index is 13.2. The van der Waals surface area contributed by atoms with Crippen LogP contribution in [0.15, 0.2) is 18.2 Å². The molecule has 1 aliphatic heterocycles. The highest BCUT2D eigenvalue weighted by Gasteiger charge is 2.23. The van der Waals surface area contributed by atoms with Crippen molar-refractivity contribution in [3.05, 3.63) is 35.4 Å². The van der Waals surface area contributed by atoms with Crippen LogP contribution in [0.4, 0.5) is 8.78 Å². The molecule has 1 saturated heterocycles. The van der Waals surface area contributed by atoms with Crippen molar-refractivity contribution in [2.45, 2.75) is 32.4 Å². The van der Waals surface area contributed by atoms with Gasteiger partial charge in [0, 0.05) is 18.7 Å². The first-order valence-corrected chi connectivity index (χ1v) is 6.36. The molecule has 4 heteroatoms. The molecule has 0 radical (unpaired) electrons. The predicted octanol–water partition coefficient (Wildman–Crippen LogP) is 3.04. The van der Waals surface area contributed by atoms with Crippen LogP contribution < -0.4 is 5.32 Å². The number of halogens is 2. The zero-order valence-electron chi connectivity index (χ0n) is 10.7. The number of ether oxygens (including phenoxy) is 1. The average molecular weight is 255 g/mol. The molecule has 0 bridgehead atoms. The third kappa shape index (κ3) is 3.06. The minimum Gasteiger partial charge on any atom is -0.381 e. The molecule has 0 aliphatic carbocycles. The van der Waals surface area contributed by atoms with E-state index >= 15 is 0 Å². The number of benzene rings is 1. The summed E-state index contributed by atoms with van der Waals surface area (Å²) in [5.74, 6) is -1.10. The van der Waals surface area contributed by atoms with E-state index in [1.165, 1.54) is 12.1 Å². The van der Waals surface area contributed by atoms with Gasteiger partial charge in [-0.2, -0.15) is 0 Å². The molecule has 0 amide bonds. The molecule has 2 nitrogen and oxygen atoms in total. The van der Waals surface area contributed by atoms with Crippen molar-refractivity contribution < 1.29 is 13.5 Å². The highest BCUT2D eigenvalue weighted by molar-refractivity contribution is 5.20. The van der Waals surface area contributed by atoms with E-state index in [2.05, 4.69) is 12.2 Å². The van der Waals surface area contributed by atoms with Gasteiger partial charge in [-0.3, -0.25) is 0 Å². The lowest BCUT2D eigenvalue weighted by Gasteiger charge is -2.24. The minimum absolute atomic E-state index is 0.00398. The second-order valence-electron chi connectivity index (χ2n) is 4.97. The van der Waals surface area contributed by atoms with Crippen LogP contribution in [0.1, 0.15) is 31.9 Å². The summed E-state index contributed by atoms with van der Waals surface area (Å²) in [6.07, 6.45) is 1.05. The fourth-order valence-corrected chi connectivity index (χ4v) is 2.36. The van der Waals surface area contributed by atoms with Crippen LogP contribution in [0.3, 0.4) is 0 Å². The summed E-state index contributed by atoms with van der Waals surface area (Å²) in [5, 5.41) is 3.42. The Balaban J connectivity index is 1.97. The van der Waals surface area contributed by atoms with Crippen molar-refractivity contribution >= 4 is 0 Å². The van der Waals surface area contributed by atoms with Gasteiger partial charge in [-0.1, -0.05) is 6.07 Å². The van der Waals surface area contributed by atoms with Crippen molar-refractivity contribution in [1.29, 1.82) is 0 Å². The molecule has 1 heterocycles. The van der Waals surface area contributed by atoms with Crippen LogP contribution in [0.2, 0.25) is 0 Å². The zero-order chi connectivity index (χ0) is 13.1. The lowest BCUT2D eigenvalue weighted by atomic mass is 9.98. The maximum atomic E-state index is 13.2. The van der Waals surface area contributed by atoms with Crippen molar-refractivity contribution in [3.63, 3.8) is 0 Å². The normalized spacial score (nSPS) is 23.0. The Hall–Kier alpha value is -1.00. The van der Waals surface area contributed by atoms with E-state index in [9.17, 15) is 8.78 Å². The first-order chi connectivity index (χ1) is 8.58. The van der Waals surface area contributed by atoms with E-state index in [1.807, 2.05) is 6.92 Å². The smallest absolute Gasteiger partial charge is 0.159 e. The van der Waals surface area contributed by atoms with Crippen LogP contribution in [-0.2, 0) is 4.74 Å². The highest BCUT2D eigenvalue weighted by Crippen LogP contribution is 2.21. The fraction of sp³-hybridized carbons (Fsp3) is 0.571. The van der Waals surface area contributed by atoms with Gasteiger partial charge >= 0.3 is 0 Å². The number of rotatable bonds is 4. The summed E-state index contributed by atoms with van der Waals surface area (Å²) < 4.78 is 31.4. The Morgan fingerprint density at radius 1 is 1.28 bits per heavy atom. The van der Waals surface area contributed by atoms with Gasteiger partial charge in [-0.15, -0.1) is 0 Å². The highest BCUT2D eigenvalue weighted by atomic mass is 19.2. The standard InChI is InChI=1S/C14H19F2NO/c1-9(11-3-4-13(15)14(16)7-11)17-10(2)12-5-6-18-8-12/h3-4,7,9-10,12,17H,5-6,8H2,1-2H3. The van der Waals surface area contributed by atoms with Gasteiger partial charge in [0.2, 0.25) is 0 Å². The van der Waals surface area contributed by atoms with Gasteiger partial charge in [0.25, 0.3) is 0 Å². The second kappa shape index (κ2) is 5.76. The Morgan fingerprint density at radius 3 is 2.67 bits per heavy atom. The summed E-state index contributed by atoms with van der Waals surface area (Å²) in [6.45, 7) is 5.66. The number of hydrogen-bond acceptors (Lipinski definition) is 2. The molecule has 0 spiro atoms. The zero-order valence-corrected chi connectivity index (χ0v) is 10.7. The van der Waals surface area contributed by atoms with Crippen molar-refractivity contribution in [1.82, 2.24) is 5.32 Å². The van der Waals surface area contributed by atoms with Crippen LogP contribution in [0.5, 0.6) is 0 Å². The molecule has 3 unspecified atom stereocenters. The molecule has 1 aromatic carbocycles. The SMILES string of the molecule is CC(NC(C)C1CCOC1)c1ccc(F)c(F)c1.